The molecule has 2 rings (SSSR count). The summed E-state index contributed by atoms with van der Waals surface area (Å²) in [4.78, 5) is 0. The first-order chi connectivity index (χ1) is 10.6. The molecule has 3 heteroatoms. The Bertz CT molecular complexity index is 653. The quantitative estimate of drug-likeness (QED) is 0.457. The molecule has 0 radical (unpaired) electrons. The van der Waals surface area contributed by atoms with Gasteiger partial charge in [-0.2, -0.15) is 0 Å². The molecule has 0 atom stereocenters. The van der Waals surface area contributed by atoms with E-state index in [9.17, 15) is 0 Å². The van der Waals surface area contributed by atoms with Crippen molar-refractivity contribution >= 4 is 28.7 Å². The molecule has 0 nitrogen and oxygen atoms in total. The van der Waals surface area contributed by atoms with Crippen LogP contribution in [-0.2, 0) is 19.2 Å². The topological polar surface area (TPSA) is 0 Å². The molecule has 1 aromatic carbocycles. The van der Waals surface area contributed by atoms with Crippen molar-refractivity contribution in [2.24, 2.45) is 5.41 Å². The maximum absolute atomic E-state index is 2.42. The summed E-state index contributed by atoms with van der Waals surface area (Å²) in [6, 6.07) is 6.98. The van der Waals surface area contributed by atoms with Gasteiger partial charge in [-0.15, -0.1) is 24.8 Å². The van der Waals surface area contributed by atoms with Gasteiger partial charge in [0.25, 0.3) is 0 Å². The van der Waals surface area contributed by atoms with Gasteiger partial charge >= 0.3 is 153 Å². The second-order valence-electron chi connectivity index (χ2n) is 8.12. The van der Waals surface area contributed by atoms with E-state index in [0.29, 0.717) is 11.8 Å². The third-order valence-electron chi connectivity index (χ3n) is 5.69. The smallest absolute Gasteiger partial charge is 0.147 e. The van der Waals surface area contributed by atoms with Crippen molar-refractivity contribution in [2.75, 3.05) is 0 Å². The van der Waals surface area contributed by atoms with E-state index in [2.05, 4.69) is 80.5 Å². The summed E-state index contributed by atoms with van der Waals surface area (Å²) in [7, 11) is 0. The summed E-state index contributed by atoms with van der Waals surface area (Å²) in [5.74, 6) is 1.21. The summed E-state index contributed by atoms with van der Waals surface area (Å²) < 4.78 is 3.44. The molecule has 0 spiro atoms. The van der Waals surface area contributed by atoms with Gasteiger partial charge in [0.05, 0.1) is 0 Å². The Hall–Kier alpha value is -0.00571. The molecule has 0 amide bonds. The van der Waals surface area contributed by atoms with E-state index in [1.807, 2.05) is 0 Å². The molecule has 0 unspecified atom stereocenters. The molecule has 1 aromatic rings. The van der Waals surface area contributed by atoms with Crippen molar-refractivity contribution in [3.05, 3.63) is 49.9 Å². The fourth-order valence-corrected chi connectivity index (χ4v) is 7.03. The molecule has 0 bridgehead atoms. The number of halogens is 2. The van der Waals surface area contributed by atoms with E-state index < -0.39 is 0 Å². The molecular formula is C22H34Cl2Ti. The van der Waals surface area contributed by atoms with Gasteiger partial charge in [0.2, 0.25) is 0 Å². The molecule has 0 fully saturated rings. The third kappa shape index (κ3) is 4.64. The van der Waals surface area contributed by atoms with Crippen molar-refractivity contribution in [1.82, 2.24) is 0 Å². The van der Waals surface area contributed by atoms with Crippen molar-refractivity contribution in [1.29, 1.82) is 0 Å². The Morgan fingerprint density at radius 1 is 0.800 bits per heavy atom. The minimum absolute atomic E-state index is 0. The van der Waals surface area contributed by atoms with Crippen LogP contribution in [0.15, 0.2) is 38.8 Å². The van der Waals surface area contributed by atoms with E-state index in [-0.39, 0.29) is 49.4 Å². The molecule has 1 aliphatic carbocycles. The van der Waals surface area contributed by atoms with Crippen molar-refractivity contribution in [3.8, 4) is 0 Å². The molecule has 140 valence electrons. The van der Waals surface area contributed by atoms with Gasteiger partial charge in [-0.1, -0.05) is 0 Å². The molecule has 0 saturated heterocycles. The molecule has 0 N–H and O–H groups in total. The molecule has 25 heavy (non-hydrogen) atoms. The molecule has 0 saturated carbocycles. The molecule has 0 aliphatic heterocycles. The van der Waals surface area contributed by atoms with Gasteiger partial charge in [0, 0.05) is 0 Å². The molecule has 1 aliphatic rings. The Morgan fingerprint density at radius 2 is 1.24 bits per heavy atom. The molecular weight excluding hydrogens is 383 g/mol. The maximum Gasteiger partial charge on any atom is -0.147 e. The van der Waals surface area contributed by atoms with Crippen LogP contribution in [0.4, 0.5) is 0 Å². The second kappa shape index (κ2) is 9.27. The summed E-state index contributed by atoms with van der Waals surface area (Å²) in [5.41, 5.74) is 8.07. The minimum atomic E-state index is -0.301. The summed E-state index contributed by atoms with van der Waals surface area (Å²) >= 11 is -0.301. The standard InChI is InChI=1S/C12H17.C10H15.2ClH.Ti/c1-9(2)11-6-5-7-12(8-11)10(3)4;1-7-6-10(4,5)9(3)8(7)2;;;/h5-7,9-10H,1-4H3;1-5H3;2*1H;. The van der Waals surface area contributed by atoms with E-state index >= 15 is 0 Å². The van der Waals surface area contributed by atoms with Gasteiger partial charge < -0.3 is 0 Å². The van der Waals surface area contributed by atoms with Gasteiger partial charge in [-0.05, 0) is 0 Å². The van der Waals surface area contributed by atoms with Crippen molar-refractivity contribution in [3.63, 3.8) is 0 Å². The SMILES string of the molecule is CC1=C(C)C(C)(C)[C]([Ti][c]2c(C(C)C)cccc2C(C)C)=C1C.Cl.Cl. The Kier molecular flexibility index (Phi) is 9.27. The van der Waals surface area contributed by atoms with Crippen LogP contribution in [0.3, 0.4) is 0 Å². The van der Waals surface area contributed by atoms with E-state index in [4.69, 9.17) is 0 Å². The van der Waals surface area contributed by atoms with E-state index in [0.717, 1.165) is 0 Å². The summed E-state index contributed by atoms with van der Waals surface area (Å²) in [5, 5.41) is 0. The van der Waals surface area contributed by atoms with Crippen LogP contribution in [-0.4, -0.2) is 0 Å². The second-order valence-corrected chi connectivity index (χ2v) is 10.1. The zero-order chi connectivity index (χ0) is 17.5. The Labute approximate surface area is 176 Å². The summed E-state index contributed by atoms with van der Waals surface area (Å²) in [6.45, 7) is 21.2. The number of benzene rings is 1. The van der Waals surface area contributed by atoms with Crippen LogP contribution in [0, 0.1) is 5.41 Å². The monoisotopic (exact) mass is 416 g/mol. The zero-order valence-corrected chi connectivity index (χ0v) is 20.4. The Morgan fingerprint density at radius 3 is 1.56 bits per heavy atom. The maximum atomic E-state index is 2.42. The van der Waals surface area contributed by atoms with Crippen molar-refractivity contribution in [2.45, 2.75) is 74.1 Å². The first-order valence-electron chi connectivity index (χ1n) is 8.88. The van der Waals surface area contributed by atoms with E-state index in [1.165, 1.54) is 5.57 Å². The first kappa shape index (κ1) is 25.0. The Balaban J connectivity index is 0.00000288. The van der Waals surface area contributed by atoms with Gasteiger partial charge in [-0.25, -0.2) is 0 Å². The third-order valence-corrected chi connectivity index (χ3v) is 8.93. The number of rotatable bonds is 4. The van der Waals surface area contributed by atoms with Crippen LogP contribution in [0.2, 0.25) is 0 Å². The first-order valence-corrected chi connectivity index (χ1v) is 10.4. The van der Waals surface area contributed by atoms with Crippen LogP contribution in [0.5, 0.6) is 0 Å². The normalized spacial score (nSPS) is 16.3. The average molecular weight is 417 g/mol. The van der Waals surface area contributed by atoms with Crippen LogP contribution in [0.25, 0.3) is 0 Å². The minimum Gasteiger partial charge on any atom is -0.147 e. The fourth-order valence-electron chi connectivity index (χ4n) is 3.66. The predicted molar refractivity (Wildman–Crippen MR) is 114 cm³/mol. The van der Waals surface area contributed by atoms with Gasteiger partial charge in [0.15, 0.2) is 0 Å². The predicted octanol–water partition coefficient (Wildman–Crippen LogP) is 7.14. The number of hydrogen-bond donors (Lipinski definition) is 0. The molecule has 0 aromatic heterocycles. The largest absolute Gasteiger partial charge is 0.147 e. The number of allylic oxidation sites excluding steroid dienone is 4. The van der Waals surface area contributed by atoms with E-state index in [1.54, 1.807) is 30.0 Å². The molecule has 0 heterocycles. The fraction of sp³-hybridized carbons (Fsp3) is 0.545. The van der Waals surface area contributed by atoms with Crippen LogP contribution in [0.1, 0.15) is 85.3 Å². The van der Waals surface area contributed by atoms with Crippen LogP contribution < -0.4 is 3.87 Å². The number of hydrogen-bond acceptors (Lipinski definition) is 0. The van der Waals surface area contributed by atoms with Gasteiger partial charge in [-0.3, -0.25) is 0 Å². The zero-order valence-electron chi connectivity index (χ0n) is 17.2. The van der Waals surface area contributed by atoms with Crippen LogP contribution >= 0.6 is 24.8 Å². The summed E-state index contributed by atoms with van der Waals surface area (Å²) in [6.07, 6.45) is 0. The average Bonchev–Trinajstić information content (AvgIpc) is 2.61. The van der Waals surface area contributed by atoms with Crippen molar-refractivity contribution < 1.29 is 19.2 Å². The van der Waals surface area contributed by atoms with Gasteiger partial charge in [0.1, 0.15) is 0 Å².